The number of likely N-dealkylation sites (tertiary alicyclic amines) is 1. The summed E-state index contributed by atoms with van der Waals surface area (Å²) in [6.45, 7) is 1.98. The number of carbonyl (C=O) groups excluding carboxylic acids is 2. The largest absolute Gasteiger partial charge is 0.368 e. The van der Waals surface area contributed by atoms with Crippen molar-refractivity contribution in [1.29, 1.82) is 0 Å². The second-order valence-corrected chi connectivity index (χ2v) is 6.47. The first-order valence-electron chi connectivity index (χ1n) is 8.56. The molecule has 0 saturated carbocycles. The highest BCUT2D eigenvalue weighted by atomic mass is 19.1. The van der Waals surface area contributed by atoms with Gasteiger partial charge in [0.15, 0.2) is 0 Å². The van der Waals surface area contributed by atoms with E-state index in [9.17, 15) is 14.0 Å². The van der Waals surface area contributed by atoms with Crippen LogP contribution in [0.25, 0.3) is 0 Å². The van der Waals surface area contributed by atoms with E-state index in [1.165, 1.54) is 12.1 Å². The van der Waals surface area contributed by atoms with E-state index in [2.05, 4.69) is 5.32 Å². The number of nitrogens with zero attached hydrogens (tertiary/aromatic N) is 1. The Morgan fingerprint density at radius 1 is 1.17 bits per heavy atom. The van der Waals surface area contributed by atoms with Crippen LogP contribution >= 0.6 is 0 Å². The van der Waals surface area contributed by atoms with E-state index in [1.807, 2.05) is 4.90 Å². The van der Waals surface area contributed by atoms with E-state index in [0.29, 0.717) is 19.7 Å². The Hall–Kier alpha value is -1.95. The molecule has 2 saturated heterocycles. The summed E-state index contributed by atoms with van der Waals surface area (Å²) < 4.78 is 18.3. The number of carbonyl (C=O) groups is 2. The molecule has 0 spiro atoms. The molecule has 2 heterocycles. The maximum atomic E-state index is 12.9. The van der Waals surface area contributed by atoms with Gasteiger partial charge in [0.2, 0.25) is 5.91 Å². The second kappa shape index (κ2) is 7.75. The molecule has 3 rings (SSSR count). The number of nitrogens with one attached hydrogen (secondary N) is 1. The zero-order valence-corrected chi connectivity index (χ0v) is 13.7. The van der Waals surface area contributed by atoms with Crippen molar-refractivity contribution in [3.8, 4) is 0 Å². The Bertz CT molecular complexity index is 576. The van der Waals surface area contributed by atoms with Crippen LogP contribution in [0.3, 0.4) is 0 Å². The van der Waals surface area contributed by atoms with Gasteiger partial charge in [-0.2, -0.15) is 0 Å². The van der Waals surface area contributed by atoms with Gasteiger partial charge in [0, 0.05) is 25.7 Å². The van der Waals surface area contributed by atoms with Crippen molar-refractivity contribution >= 4 is 11.8 Å². The first kappa shape index (κ1) is 16.9. The van der Waals surface area contributed by atoms with Gasteiger partial charge in [-0.25, -0.2) is 4.39 Å². The number of rotatable bonds is 4. The molecule has 6 heteroatoms. The van der Waals surface area contributed by atoms with Crippen LogP contribution < -0.4 is 5.32 Å². The quantitative estimate of drug-likeness (QED) is 0.911. The van der Waals surface area contributed by atoms with Gasteiger partial charge in [0.1, 0.15) is 11.9 Å². The molecule has 0 bridgehead atoms. The van der Waals surface area contributed by atoms with Crippen molar-refractivity contribution in [1.82, 2.24) is 10.2 Å². The van der Waals surface area contributed by atoms with E-state index in [0.717, 1.165) is 31.2 Å². The number of amides is 2. The number of hydrogen-bond donors (Lipinski definition) is 1. The zero-order valence-electron chi connectivity index (χ0n) is 13.7. The van der Waals surface area contributed by atoms with E-state index in [1.54, 1.807) is 12.1 Å². The van der Waals surface area contributed by atoms with Gasteiger partial charge in [-0.15, -0.1) is 0 Å². The lowest BCUT2D eigenvalue weighted by molar-refractivity contribution is -0.142. The lowest BCUT2D eigenvalue weighted by Crippen LogP contribution is -2.49. The zero-order chi connectivity index (χ0) is 16.9. The first-order valence-corrected chi connectivity index (χ1v) is 8.56. The number of piperidine rings is 1. The fourth-order valence-electron chi connectivity index (χ4n) is 3.29. The van der Waals surface area contributed by atoms with E-state index < -0.39 is 0 Å². The average molecular weight is 334 g/mol. The van der Waals surface area contributed by atoms with Crippen molar-refractivity contribution in [3.05, 3.63) is 35.6 Å². The smallest absolute Gasteiger partial charge is 0.251 e. The molecular formula is C18H23FN2O3. The molecule has 1 aromatic rings. The monoisotopic (exact) mass is 334 g/mol. The highest BCUT2D eigenvalue weighted by Crippen LogP contribution is 2.18. The van der Waals surface area contributed by atoms with E-state index >= 15 is 0 Å². The molecule has 24 heavy (non-hydrogen) atoms. The minimum Gasteiger partial charge on any atom is -0.368 e. The first-order chi connectivity index (χ1) is 11.6. The molecule has 0 radical (unpaired) electrons. The number of halogens is 1. The third kappa shape index (κ3) is 4.32. The molecule has 130 valence electrons. The molecule has 0 aliphatic carbocycles. The van der Waals surface area contributed by atoms with Gasteiger partial charge in [-0.1, -0.05) is 12.1 Å². The standard InChI is InChI=1S/C18H23FN2O3/c19-14-5-3-13(4-6-14)12-17(22)20-15-7-9-21(10-8-15)18(23)16-2-1-11-24-16/h3-6,15-16H,1-2,7-12H2,(H,20,22). The van der Waals surface area contributed by atoms with Gasteiger partial charge < -0.3 is 15.0 Å². The summed E-state index contributed by atoms with van der Waals surface area (Å²) in [4.78, 5) is 26.2. The summed E-state index contributed by atoms with van der Waals surface area (Å²) in [5.74, 6) is -0.281. The molecule has 2 aliphatic heterocycles. The molecular weight excluding hydrogens is 311 g/mol. The van der Waals surface area contributed by atoms with E-state index in [4.69, 9.17) is 4.74 Å². The molecule has 1 aromatic carbocycles. The van der Waals surface area contributed by atoms with Crippen LogP contribution in [0.2, 0.25) is 0 Å². The molecule has 1 N–H and O–H groups in total. The minimum atomic E-state index is -0.303. The summed E-state index contributed by atoms with van der Waals surface area (Å²) in [5, 5.41) is 3.01. The Kier molecular flexibility index (Phi) is 5.45. The highest BCUT2D eigenvalue weighted by molar-refractivity contribution is 5.81. The fraction of sp³-hybridized carbons (Fsp3) is 0.556. The maximum Gasteiger partial charge on any atom is 0.251 e. The van der Waals surface area contributed by atoms with Crippen LogP contribution in [0.1, 0.15) is 31.2 Å². The van der Waals surface area contributed by atoms with Crippen LogP contribution in [-0.2, 0) is 20.7 Å². The molecule has 1 atom stereocenters. The summed E-state index contributed by atoms with van der Waals surface area (Å²) in [6, 6.07) is 6.05. The predicted octanol–water partition coefficient (Wildman–Crippen LogP) is 1.65. The van der Waals surface area contributed by atoms with Crippen LogP contribution in [0.15, 0.2) is 24.3 Å². The predicted molar refractivity (Wildman–Crippen MR) is 86.8 cm³/mol. The summed E-state index contributed by atoms with van der Waals surface area (Å²) in [5.41, 5.74) is 0.792. The van der Waals surface area contributed by atoms with Crippen molar-refractivity contribution in [2.24, 2.45) is 0 Å². The van der Waals surface area contributed by atoms with Crippen LogP contribution in [0.5, 0.6) is 0 Å². The van der Waals surface area contributed by atoms with Gasteiger partial charge >= 0.3 is 0 Å². The van der Waals surface area contributed by atoms with Crippen molar-refractivity contribution in [3.63, 3.8) is 0 Å². The Balaban J connectivity index is 1.42. The van der Waals surface area contributed by atoms with Crippen molar-refractivity contribution in [2.75, 3.05) is 19.7 Å². The highest BCUT2D eigenvalue weighted by Gasteiger charge is 2.31. The number of ether oxygens (including phenoxy) is 1. The van der Waals surface area contributed by atoms with Gasteiger partial charge in [0.25, 0.3) is 5.91 Å². The van der Waals surface area contributed by atoms with Crippen LogP contribution in [0, 0.1) is 5.82 Å². The Morgan fingerprint density at radius 2 is 1.88 bits per heavy atom. The molecule has 2 fully saturated rings. The van der Waals surface area contributed by atoms with E-state index in [-0.39, 0.29) is 36.2 Å². The van der Waals surface area contributed by atoms with Gasteiger partial charge in [0.05, 0.1) is 6.42 Å². The molecule has 5 nitrogen and oxygen atoms in total. The SMILES string of the molecule is O=C(Cc1ccc(F)cc1)NC1CCN(C(=O)C2CCCO2)CC1. The van der Waals surface area contributed by atoms with Crippen molar-refractivity contribution in [2.45, 2.75) is 44.2 Å². The normalized spacial score (nSPS) is 21.7. The maximum absolute atomic E-state index is 12.9. The third-order valence-corrected chi connectivity index (χ3v) is 4.65. The summed E-state index contributed by atoms with van der Waals surface area (Å²) in [6.07, 6.45) is 3.25. The Labute approximate surface area is 141 Å². The molecule has 2 aliphatic rings. The topological polar surface area (TPSA) is 58.6 Å². The van der Waals surface area contributed by atoms with Crippen LogP contribution in [-0.4, -0.2) is 48.6 Å². The molecule has 0 aromatic heterocycles. The number of hydrogen-bond acceptors (Lipinski definition) is 3. The summed E-state index contributed by atoms with van der Waals surface area (Å²) in [7, 11) is 0. The molecule has 1 unspecified atom stereocenters. The fourth-order valence-corrected chi connectivity index (χ4v) is 3.29. The average Bonchev–Trinajstić information content (AvgIpc) is 3.11. The lowest BCUT2D eigenvalue weighted by Gasteiger charge is -2.33. The van der Waals surface area contributed by atoms with Crippen LogP contribution in [0.4, 0.5) is 4.39 Å². The van der Waals surface area contributed by atoms with Gasteiger partial charge in [-0.05, 0) is 43.4 Å². The number of benzene rings is 1. The molecule has 2 amide bonds. The van der Waals surface area contributed by atoms with Crippen molar-refractivity contribution < 1.29 is 18.7 Å². The lowest BCUT2D eigenvalue weighted by atomic mass is 10.0. The third-order valence-electron chi connectivity index (χ3n) is 4.65. The van der Waals surface area contributed by atoms with Gasteiger partial charge in [-0.3, -0.25) is 9.59 Å². The minimum absolute atomic E-state index is 0.0643. The Morgan fingerprint density at radius 3 is 2.50 bits per heavy atom. The summed E-state index contributed by atoms with van der Waals surface area (Å²) >= 11 is 0. The second-order valence-electron chi connectivity index (χ2n) is 6.47.